The van der Waals surface area contributed by atoms with Crippen LogP contribution in [0, 0.1) is 5.92 Å². The van der Waals surface area contributed by atoms with E-state index in [-0.39, 0.29) is 11.9 Å². The van der Waals surface area contributed by atoms with Crippen molar-refractivity contribution in [2.75, 3.05) is 0 Å². The second-order valence-corrected chi connectivity index (χ2v) is 5.46. The number of hydrogen-bond acceptors (Lipinski definition) is 2. The smallest absolute Gasteiger partial charge is 0.310 e. The van der Waals surface area contributed by atoms with Crippen LogP contribution in [-0.4, -0.2) is 23.0 Å². The van der Waals surface area contributed by atoms with E-state index >= 15 is 0 Å². The molecule has 0 spiro atoms. The molecule has 19 heavy (non-hydrogen) atoms. The van der Waals surface area contributed by atoms with Gasteiger partial charge in [-0.05, 0) is 24.1 Å². The minimum absolute atomic E-state index is 0.0944. The minimum atomic E-state index is -0.846. The van der Waals surface area contributed by atoms with E-state index in [9.17, 15) is 9.59 Å². The molecule has 5 heteroatoms. The first-order chi connectivity index (χ1) is 9.04. The second kappa shape index (κ2) is 6.02. The summed E-state index contributed by atoms with van der Waals surface area (Å²) in [7, 11) is 0. The highest BCUT2D eigenvalue weighted by Gasteiger charge is 2.25. The largest absolute Gasteiger partial charge is 0.481 e. The Morgan fingerprint density at radius 2 is 1.95 bits per heavy atom. The summed E-state index contributed by atoms with van der Waals surface area (Å²) in [6.45, 7) is 0. The molecular weight excluding hydrogens is 310 g/mol. The topological polar surface area (TPSA) is 66.4 Å². The van der Waals surface area contributed by atoms with Gasteiger partial charge in [-0.25, -0.2) is 0 Å². The zero-order valence-electron chi connectivity index (χ0n) is 10.2. The summed E-state index contributed by atoms with van der Waals surface area (Å²) >= 11 is 3.34. The first-order valence-corrected chi connectivity index (χ1v) is 6.79. The molecule has 0 fully saturated rings. The molecule has 100 valence electrons. The Morgan fingerprint density at radius 1 is 1.26 bits per heavy atom. The van der Waals surface area contributed by atoms with Crippen molar-refractivity contribution in [1.82, 2.24) is 5.32 Å². The number of nitrogens with one attached hydrogen (secondary N) is 1. The lowest BCUT2D eigenvalue weighted by atomic mass is 10.1. The van der Waals surface area contributed by atoms with E-state index in [1.165, 1.54) is 0 Å². The summed E-state index contributed by atoms with van der Waals surface area (Å²) in [5.74, 6) is -1.43. The van der Waals surface area contributed by atoms with Crippen LogP contribution in [0.1, 0.15) is 12.0 Å². The number of rotatable bonds is 4. The molecule has 1 aromatic carbocycles. The Labute approximate surface area is 119 Å². The van der Waals surface area contributed by atoms with Gasteiger partial charge in [0.25, 0.3) is 0 Å². The van der Waals surface area contributed by atoms with Gasteiger partial charge in [-0.2, -0.15) is 0 Å². The average molecular weight is 324 g/mol. The van der Waals surface area contributed by atoms with Crippen molar-refractivity contribution >= 4 is 27.8 Å². The molecule has 1 amide bonds. The van der Waals surface area contributed by atoms with Crippen molar-refractivity contribution in [3.63, 3.8) is 0 Å². The van der Waals surface area contributed by atoms with Crippen LogP contribution in [0.4, 0.5) is 0 Å². The van der Waals surface area contributed by atoms with Gasteiger partial charge < -0.3 is 10.4 Å². The maximum Gasteiger partial charge on any atom is 0.310 e. The van der Waals surface area contributed by atoms with Crippen LogP contribution in [0.2, 0.25) is 0 Å². The molecule has 0 aliphatic heterocycles. The summed E-state index contributed by atoms with van der Waals surface area (Å²) < 4.78 is 0.972. The predicted molar refractivity (Wildman–Crippen MR) is 74.7 cm³/mol. The van der Waals surface area contributed by atoms with Crippen molar-refractivity contribution in [2.45, 2.75) is 18.9 Å². The lowest BCUT2D eigenvalue weighted by Gasteiger charge is -2.12. The number of carboxylic acid groups (broad SMARTS) is 1. The van der Waals surface area contributed by atoms with Crippen molar-refractivity contribution in [3.8, 4) is 0 Å². The number of benzene rings is 1. The number of amides is 1. The second-order valence-electron chi connectivity index (χ2n) is 4.54. The number of aliphatic carboxylic acids is 1. The fourth-order valence-electron chi connectivity index (χ4n) is 2.03. The van der Waals surface area contributed by atoms with E-state index in [1.807, 2.05) is 24.3 Å². The number of halogens is 1. The van der Waals surface area contributed by atoms with Gasteiger partial charge in [0, 0.05) is 10.5 Å². The Bertz CT molecular complexity index is 510. The molecule has 0 saturated heterocycles. The maximum atomic E-state index is 11.8. The van der Waals surface area contributed by atoms with E-state index < -0.39 is 11.9 Å². The Kier molecular flexibility index (Phi) is 4.37. The van der Waals surface area contributed by atoms with E-state index in [0.717, 1.165) is 10.0 Å². The highest BCUT2D eigenvalue weighted by atomic mass is 79.9. The van der Waals surface area contributed by atoms with Crippen LogP contribution in [0.15, 0.2) is 40.9 Å². The Balaban J connectivity index is 1.84. The van der Waals surface area contributed by atoms with E-state index in [1.54, 1.807) is 12.2 Å². The lowest BCUT2D eigenvalue weighted by Crippen LogP contribution is -2.34. The lowest BCUT2D eigenvalue weighted by molar-refractivity contribution is -0.140. The van der Waals surface area contributed by atoms with Gasteiger partial charge in [0.1, 0.15) is 0 Å². The molecule has 1 aromatic rings. The normalized spacial score (nSPS) is 21.3. The molecule has 0 saturated carbocycles. The van der Waals surface area contributed by atoms with Crippen molar-refractivity contribution in [1.29, 1.82) is 0 Å². The van der Waals surface area contributed by atoms with Crippen molar-refractivity contribution in [3.05, 3.63) is 46.5 Å². The zero-order chi connectivity index (χ0) is 13.8. The molecule has 2 N–H and O–H groups in total. The molecule has 4 nitrogen and oxygen atoms in total. The summed E-state index contributed by atoms with van der Waals surface area (Å²) in [6, 6.07) is 7.36. The monoisotopic (exact) mass is 323 g/mol. The number of carboxylic acids is 1. The minimum Gasteiger partial charge on any atom is -0.481 e. The summed E-state index contributed by atoms with van der Waals surface area (Å²) in [5, 5.41) is 11.7. The first-order valence-electron chi connectivity index (χ1n) is 5.99. The number of carbonyl (C=O) groups excluding carboxylic acids is 1. The molecule has 2 atom stereocenters. The Hall–Kier alpha value is -1.62. The quantitative estimate of drug-likeness (QED) is 0.834. The standard InChI is InChI=1S/C14H14BrNO3/c15-11-4-1-9(2-5-11)7-13(17)16-12-6-3-10(8-12)14(18)19/h1-6,10,12H,7-8H2,(H,16,17)(H,18,19). The fourth-order valence-corrected chi connectivity index (χ4v) is 2.30. The van der Waals surface area contributed by atoms with Crippen LogP contribution >= 0.6 is 15.9 Å². The summed E-state index contributed by atoms with van der Waals surface area (Å²) in [4.78, 5) is 22.6. The third-order valence-corrected chi connectivity index (χ3v) is 3.55. The number of carbonyl (C=O) groups is 2. The summed E-state index contributed by atoms with van der Waals surface area (Å²) in [5.41, 5.74) is 0.928. The van der Waals surface area contributed by atoms with Gasteiger partial charge in [-0.3, -0.25) is 9.59 Å². The molecule has 1 aliphatic rings. The van der Waals surface area contributed by atoms with E-state index in [0.29, 0.717) is 12.8 Å². The summed E-state index contributed by atoms with van der Waals surface area (Å²) in [6.07, 6.45) is 4.11. The average Bonchev–Trinajstić information content (AvgIpc) is 2.80. The van der Waals surface area contributed by atoms with E-state index in [4.69, 9.17) is 5.11 Å². The molecule has 0 heterocycles. The van der Waals surface area contributed by atoms with Crippen LogP contribution < -0.4 is 5.32 Å². The van der Waals surface area contributed by atoms with Crippen LogP contribution in [0.3, 0.4) is 0 Å². The maximum absolute atomic E-state index is 11.8. The highest BCUT2D eigenvalue weighted by molar-refractivity contribution is 9.10. The van der Waals surface area contributed by atoms with Crippen molar-refractivity contribution < 1.29 is 14.7 Å². The van der Waals surface area contributed by atoms with E-state index in [2.05, 4.69) is 21.2 Å². The van der Waals surface area contributed by atoms with Crippen molar-refractivity contribution in [2.24, 2.45) is 5.92 Å². The third kappa shape index (κ3) is 3.92. The third-order valence-electron chi connectivity index (χ3n) is 3.03. The SMILES string of the molecule is O=C(Cc1ccc(Br)cc1)NC1C=CC(C(=O)O)C1. The van der Waals surface area contributed by atoms with Crippen LogP contribution in [0.25, 0.3) is 0 Å². The molecular formula is C14H14BrNO3. The van der Waals surface area contributed by atoms with Gasteiger partial charge in [0.15, 0.2) is 0 Å². The fraction of sp³-hybridized carbons (Fsp3) is 0.286. The molecule has 0 radical (unpaired) electrons. The molecule has 0 aromatic heterocycles. The molecule has 0 bridgehead atoms. The molecule has 2 unspecified atom stereocenters. The highest BCUT2D eigenvalue weighted by Crippen LogP contribution is 2.18. The van der Waals surface area contributed by atoms with Crippen LogP contribution in [0.5, 0.6) is 0 Å². The van der Waals surface area contributed by atoms with Crippen LogP contribution in [-0.2, 0) is 16.0 Å². The predicted octanol–water partition coefficient (Wildman–Crippen LogP) is 2.14. The number of hydrogen-bond donors (Lipinski definition) is 2. The zero-order valence-corrected chi connectivity index (χ0v) is 11.8. The Morgan fingerprint density at radius 3 is 2.53 bits per heavy atom. The van der Waals surface area contributed by atoms with Gasteiger partial charge in [0.2, 0.25) is 5.91 Å². The first kappa shape index (κ1) is 13.8. The van der Waals surface area contributed by atoms with Gasteiger partial charge in [0.05, 0.1) is 12.3 Å². The molecule has 2 rings (SSSR count). The van der Waals surface area contributed by atoms with Gasteiger partial charge in [-0.15, -0.1) is 0 Å². The molecule has 1 aliphatic carbocycles. The van der Waals surface area contributed by atoms with Gasteiger partial charge >= 0.3 is 5.97 Å². The van der Waals surface area contributed by atoms with Gasteiger partial charge in [-0.1, -0.05) is 40.2 Å².